The Labute approximate surface area is 144 Å². The van der Waals surface area contributed by atoms with Crippen molar-refractivity contribution in [2.45, 2.75) is 45.3 Å². The number of hydrogen-bond acceptors (Lipinski definition) is 4. The smallest absolute Gasteiger partial charge is 0.224 e. The van der Waals surface area contributed by atoms with Crippen LogP contribution in [-0.2, 0) is 11.3 Å². The lowest BCUT2D eigenvalue weighted by atomic mass is 10.1. The topological polar surface area (TPSA) is 73.6 Å². The molecule has 3 N–H and O–H groups in total. The number of methoxy groups -OCH3 is 1. The zero-order valence-corrected chi connectivity index (χ0v) is 14.7. The minimum Gasteiger partial charge on any atom is -0.493 e. The maximum Gasteiger partial charge on any atom is 0.224 e. The normalized spacial score (nSPS) is 15.6. The Morgan fingerprint density at radius 3 is 2.65 bits per heavy atom. The molecule has 5 nitrogen and oxygen atoms in total. The average molecular weight is 343 g/mol. The van der Waals surface area contributed by atoms with E-state index >= 15 is 0 Å². The first-order valence-corrected chi connectivity index (χ1v) is 7.95. The highest BCUT2D eigenvalue weighted by molar-refractivity contribution is 5.85. The summed E-state index contributed by atoms with van der Waals surface area (Å²) >= 11 is 0. The van der Waals surface area contributed by atoms with Gasteiger partial charge in [0.15, 0.2) is 11.5 Å². The molecule has 0 bridgehead atoms. The summed E-state index contributed by atoms with van der Waals surface area (Å²) in [6, 6.07) is 5.77. The number of benzene rings is 1. The van der Waals surface area contributed by atoms with E-state index in [1.807, 2.05) is 25.1 Å². The molecular formula is C17H27ClN2O3. The minimum atomic E-state index is -0.174. The molecule has 1 aliphatic rings. The summed E-state index contributed by atoms with van der Waals surface area (Å²) in [5.41, 5.74) is 6.49. The number of hydrogen-bond donors (Lipinski definition) is 2. The van der Waals surface area contributed by atoms with E-state index in [1.54, 1.807) is 7.11 Å². The SMILES string of the molecule is COc1ccc(CNC(=O)C(C)CN)cc1OC1CCCC1.Cl. The van der Waals surface area contributed by atoms with E-state index < -0.39 is 0 Å². The Morgan fingerprint density at radius 2 is 2.04 bits per heavy atom. The van der Waals surface area contributed by atoms with Gasteiger partial charge in [-0.3, -0.25) is 4.79 Å². The third-order valence-corrected chi connectivity index (χ3v) is 4.09. The molecule has 1 aromatic carbocycles. The van der Waals surface area contributed by atoms with Gasteiger partial charge in [0.2, 0.25) is 5.91 Å². The summed E-state index contributed by atoms with van der Waals surface area (Å²) < 4.78 is 11.4. The number of carbonyl (C=O) groups excluding carboxylic acids is 1. The number of nitrogens with one attached hydrogen (secondary N) is 1. The maximum atomic E-state index is 11.8. The summed E-state index contributed by atoms with van der Waals surface area (Å²) in [5.74, 6) is 1.29. The van der Waals surface area contributed by atoms with Gasteiger partial charge in [-0.15, -0.1) is 12.4 Å². The van der Waals surface area contributed by atoms with E-state index in [9.17, 15) is 4.79 Å². The second-order valence-electron chi connectivity index (χ2n) is 5.86. The van der Waals surface area contributed by atoms with Crippen LogP contribution in [0.5, 0.6) is 11.5 Å². The molecule has 1 aliphatic carbocycles. The van der Waals surface area contributed by atoms with Crippen LogP contribution in [0.15, 0.2) is 18.2 Å². The Kier molecular flexibility index (Phi) is 8.20. The second-order valence-corrected chi connectivity index (χ2v) is 5.86. The van der Waals surface area contributed by atoms with Gasteiger partial charge < -0.3 is 20.5 Å². The molecule has 0 aromatic heterocycles. The highest BCUT2D eigenvalue weighted by atomic mass is 35.5. The van der Waals surface area contributed by atoms with Crippen molar-refractivity contribution in [2.24, 2.45) is 11.7 Å². The fraction of sp³-hybridized carbons (Fsp3) is 0.588. The summed E-state index contributed by atoms with van der Waals surface area (Å²) in [4.78, 5) is 11.8. The molecule has 2 rings (SSSR count). The van der Waals surface area contributed by atoms with Crippen molar-refractivity contribution in [3.63, 3.8) is 0 Å². The number of amides is 1. The van der Waals surface area contributed by atoms with E-state index in [4.69, 9.17) is 15.2 Å². The van der Waals surface area contributed by atoms with Crippen LogP contribution in [0, 0.1) is 5.92 Å². The number of carbonyl (C=O) groups is 1. The van der Waals surface area contributed by atoms with E-state index in [0.717, 1.165) is 29.9 Å². The highest BCUT2D eigenvalue weighted by Gasteiger charge is 2.19. The Balaban J connectivity index is 0.00000264. The standard InChI is InChI=1S/C17H26N2O3.ClH/c1-12(10-18)17(20)19-11-13-7-8-15(21-2)16(9-13)22-14-5-3-4-6-14;/h7-9,12,14H,3-6,10-11,18H2,1-2H3,(H,19,20);1H. The number of rotatable bonds is 7. The van der Waals surface area contributed by atoms with E-state index in [-0.39, 0.29) is 30.3 Å². The van der Waals surface area contributed by atoms with E-state index in [2.05, 4.69) is 5.32 Å². The minimum absolute atomic E-state index is 0. The zero-order chi connectivity index (χ0) is 15.9. The molecule has 0 aliphatic heterocycles. The maximum absolute atomic E-state index is 11.8. The predicted molar refractivity (Wildman–Crippen MR) is 93.2 cm³/mol. The van der Waals surface area contributed by atoms with Crippen LogP contribution >= 0.6 is 12.4 Å². The largest absolute Gasteiger partial charge is 0.493 e. The summed E-state index contributed by atoms with van der Waals surface area (Å²) in [5, 5.41) is 2.89. The van der Waals surface area contributed by atoms with Gasteiger partial charge in [0, 0.05) is 19.0 Å². The molecule has 0 spiro atoms. The fourth-order valence-electron chi connectivity index (χ4n) is 2.58. The van der Waals surface area contributed by atoms with Crippen molar-refractivity contribution in [2.75, 3.05) is 13.7 Å². The van der Waals surface area contributed by atoms with Crippen LogP contribution in [0.2, 0.25) is 0 Å². The summed E-state index contributed by atoms with van der Waals surface area (Å²) in [7, 11) is 1.64. The predicted octanol–water partition coefficient (Wildman–Crippen LogP) is 2.65. The van der Waals surface area contributed by atoms with Crippen molar-refractivity contribution in [1.82, 2.24) is 5.32 Å². The first kappa shape index (κ1) is 19.6. The molecular weight excluding hydrogens is 316 g/mol. The fourth-order valence-corrected chi connectivity index (χ4v) is 2.58. The van der Waals surface area contributed by atoms with Crippen LogP contribution in [0.3, 0.4) is 0 Å². The van der Waals surface area contributed by atoms with Crippen LogP contribution < -0.4 is 20.5 Å². The van der Waals surface area contributed by atoms with Gasteiger partial charge in [-0.05, 0) is 43.4 Å². The van der Waals surface area contributed by atoms with Gasteiger partial charge in [-0.25, -0.2) is 0 Å². The van der Waals surface area contributed by atoms with Gasteiger partial charge in [0.1, 0.15) is 0 Å². The number of halogens is 1. The van der Waals surface area contributed by atoms with E-state index in [1.165, 1.54) is 12.8 Å². The van der Waals surface area contributed by atoms with Crippen molar-refractivity contribution in [3.8, 4) is 11.5 Å². The molecule has 1 amide bonds. The quantitative estimate of drug-likeness (QED) is 0.799. The van der Waals surface area contributed by atoms with Gasteiger partial charge in [-0.2, -0.15) is 0 Å². The van der Waals surface area contributed by atoms with Crippen LogP contribution in [-0.4, -0.2) is 25.7 Å². The van der Waals surface area contributed by atoms with Crippen molar-refractivity contribution < 1.29 is 14.3 Å². The molecule has 1 unspecified atom stereocenters. The molecule has 0 radical (unpaired) electrons. The zero-order valence-electron chi connectivity index (χ0n) is 13.8. The van der Waals surface area contributed by atoms with Gasteiger partial charge in [-0.1, -0.05) is 13.0 Å². The monoisotopic (exact) mass is 342 g/mol. The number of ether oxygens (including phenoxy) is 2. The lowest BCUT2D eigenvalue weighted by Crippen LogP contribution is -2.32. The van der Waals surface area contributed by atoms with Crippen molar-refractivity contribution >= 4 is 18.3 Å². The molecule has 0 heterocycles. The van der Waals surface area contributed by atoms with Gasteiger partial charge in [0.05, 0.1) is 13.2 Å². The van der Waals surface area contributed by atoms with E-state index in [0.29, 0.717) is 13.1 Å². The molecule has 1 fully saturated rings. The molecule has 1 saturated carbocycles. The molecule has 0 saturated heterocycles. The third-order valence-electron chi connectivity index (χ3n) is 4.09. The van der Waals surface area contributed by atoms with Crippen LogP contribution in [0.25, 0.3) is 0 Å². The van der Waals surface area contributed by atoms with Gasteiger partial charge in [0.25, 0.3) is 0 Å². The summed E-state index contributed by atoms with van der Waals surface area (Å²) in [6.07, 6.45) is 4.91. The van der Waals surface area contributed by atoms with Crippen molar-refractivity contribution in [3.05, 3.63) is 23.8 Å². The molecule has 6 heteroatoms. The average Bonchev–Trinajstić information content (AvgIpc) is 3.05. The van der Waals surface area contributed by atoms with Crippen molar-refractivity contribution in [1.29, 1.82) is 0 Å². The molecule has 1 aromatic rings. The Hall–Kier alpha value is -1.46. The first-order chi connectivity index (χ1) is 10.6. The lowest BCUT2D eigenvalue weighted by Gasteiger charge is -2.17. The molecule has 130 valence electrons. The highest BCUT2D eigenvalue weighted by Crippen LogP contribution is 2.32. The Bertz CT molecular complexity index is 505. The van der Waals surface area contributed by atoms with Crippen LogP contribution in [0.1, 0.15) is 38.2 Å². The Morgan fingerprint density at radius 1 is 1.35 bits per heavy atom. The lowest BCUT2D eigenvalue weighted by molar-refractivity contribution is -0.124. The second kappa shape index (κ2) is 9.63. The third kappa shape index (κ3) is 5.59. The van der Waals surface area contributed by atoms with Gasteiger partial charge >= 0.3 is 0 Å². The first-order valence-electron chi connectivity index (χ1n) is 7.95. The summed E-state index contributed by atoms with van der Waals surface area (Å²) in [6.45, 7) is 2.64. The number of nitrogens with two attached hydrogens (primary N) is 1. The molecule has 23 heavy (non-hydrogen) atoms. The van der Waals surface area contributed by atoms with Crippen LogP contribution in [0.4, 0.5) is 0 Å². The molecule has 1 atom stereocenters.